The minimum Gasteiger partial charge on any atom is -0.451 e. The second-order valence-corrected chi connectivity index (χ2v) is 8.39. The Bertz CT molecular complexity index is 1630. The first-order valence-electron chi connectivity index (χ1n) is 10.7. The van der Waals surface area contributed by atoms with E-state index in [9.17, 15) is 14.9 Å². The van der Waals surface area contributed by atoms with Crippen LogP contribution >= 0.6 is 11.6 Å². The lowest BCUT2D eigenvalue weighted by Gasteiger charge is -2.10. The van der Waals surface area contributed by atoms with Crippen LogP contribution in [0.1, 0.15) is 27.4 Å². The molecular formula is C26H19ClN4O4. The van der Waals surface area contributed by atoms with Gasteiger partial charge in [-0.1, -0.05) is 48.0 Å². The van der Waals surface area contributed by atoms with Crippen LogP contribution < -0.4 is 5.43 Å². The maximum atomic E-state index is 12.6. The van der Waals surface area contributed by atoms with Gasteiger partial charge in [0.25, 0.3) is 5.69 Å². The van der Waals surface area contributed by atoms with Gasteiger partial charge in [-0.15, -0.1) is 0 Å². The van der Waals surface area contributed by atoms with Gasteiger partial charge in [0.1, 0.15) is 5.58 Å². The van der Waals surface area contributed by atoms with E-state index in [0.29, 0.717) is 22.5 Å². The fraction of sp³-hybridized carbons (Fsp3) is 0.0769. The van der Waals surface area contributed by atoms with Crippen LogP contribution in [0.5, 0.6) is 0 Å². The van der Waals surface area contributed by atoms with E-state index in [1.807, 2.05) is 55.5 Å². The number of benzene rings is 3. The lowest BCUT2D eigenvalue weighted by molar-refractivity contribution is -0.384. The lowest BCUT2D eigenvalue weighted by atomic mass is 10.1. The van der Waals surface area contributed by atoms with E-state index in [-0.39, 0.29) is 11.4 Å². The van der Waals surface area contributed by atoms with Gasteiger partial charge in [0, 0.05) is 51.2 Å². The molecule has 8 nitrogen and oxygen atoms in total. The number of para-hydroxylation sites is 1. The van der Waals surface area contributed by atoms with Gasteiger partial charge in [-0.25, -0.2) is 5.43 Å². The van der Waals surface area contributed by atoms with Crippen molar-refractivity contribution < 1.29 is 14.1 Å². The molecule has 5 rings (SSSR count). The normalized spacial score (nSPS) is 11.5. The molecule has 9 heteroatoms. The van der Waals surface area contributed by atoms with E-state index in [2.05, 4.69) is 15.1 Å². The fourth-order valence-corrected chi connectivity index (χ4v) is 4.28. The predicted octanol–water partition coefficient (Wildman–Crippen LogP) is 6.07. The summed E-state index contributed by atoms with van der Waals surface area (Å²) in [5.41, 5.74) is 6.64. The number of rotatable bonds is 6. The first-order valence-corrected chi connectivity index (χ1v) is 11.1. The van der Waals surface area contributed by atoms with Crippen molar-refractivity contribution in [2.75, 3.05) is 0 Å². The van der Waals surface area contributed by atoms with Crippen molar-refractivity contribution in [2.24, 2.45) is 5.10 Å². The highest BCUT2D eigenvalue weighted by Gasteiger charge is 2.16. The van der Waals surface area contributed by atoms with Crippen LogP contribution in [0.2, 0.25) is 5.02 Å². The second-order valence-electron chi connectivity index (χ2n) is 7.98. The van der Waals surface area contributed by atoms with Crippen LogP contribution in [0.3, 0.4) is 0 Å². The Balaban J connectivity index is 1.41. The molecule has 2 aromatic heterocycles. The molecule has 1 amide bonds. The molecule has 0 saturated heterocycles. The summed E-state index contributed by atoms with van der Waals surface area (Å²) < 4.78 is 7.68. The highest BCUT2D eigenvalue weighted by molar-refractivity contribution is 6.31. The van der Waals surface area contributed by atoms with Crippen LogP contribution in [0.25, 0.3) is 21.9 Å². The Morgan fingerprint density at radius 2 is 1.91 bits per heavy atom. The van der Waals surface area contributed by atoms with E-state index in [1.165, 1.54) is 24.3 Å². The Hall–Kier alpha value is -4.43. The minimum atomic E-state index is -0.558. The van der Waals surface area contributed by atoms with Gasteiger partial charge in [0.15, 0.2) is 5.76 Å². The SMILES string of the molecule is Cc1c(/C=N/NC(=O)c2cc3cc([N+](=O)[O-])ccc3o2)c2ccccc2n1Cc1ccccc1Cl. The predicted molar refractivity (Wildman–Crippen MR) is 135 cm³/mol. The van der Waals surface area contributed by atoms with Crippen molar-refractivity contribution in [3.8, 4) is 0 Å². The van der Waals surface area contributed by atoms with Gasteiger partial charge < -0.3 is 8.98 Å². The zero-order chi connectivity index (χ0) is 24.5. The number of hydrogen-bond donors (Lipinski definition) is 1. The number of nitrogens with one attached hydrogen (secondary N) is 1. The number of carbonyl (C=O) groups is 1. The summed E-state index contributed by atoms with van der Waals surface area (Å²) in [6.07, 6.45) is 1.60. The fourth-order valence-electron chi connectivity index (χ4n) is 4.09. The van der Waals surface area contributed by atoms with Crippen molar-refractivity contribution in [3.05, 3.63) is 111 Å². The van der Waals surface area contributed by atoms with E-state index in [4.69, 9.17) is 16.0 Å². The monoisotopic (exact) mass is 486 g/mol. The number of amides is 1. The number of nitro benzene ring substituents is 1. The Morgan fingerprint density at radius 1 is 1.14 bits per heavy atom. The van der Waals surface area contributed by atoms with E-state index in [0.717, 1.165) is 27.7 Å². The molecule has 1 N–H and O–H groups in total. The quantitative estimate of drug-likeness (QED) is 0.179. The third-order valence-corrected chi connectivity index (χ3v) is 6.23. The van der Waals surface area contributed by atoms with Crippen molar-refractivity contribution in [1.29, 1.82) is 0 Å². The van der Waals surface area contributed by atoms with Gasteiger partial charge in [-0.2, -0.15) is 5.10 Å². The number of hydrazone groups is 1. The zero-order valence-electron chi connectivity index (χ0n) is 18.6. The van der Waals surface area contributed by atoms with Crippen molar-refractivity contribution in [1.82, 2.24) is 9.99 Å². The topological polar surface area (TPSA) is 103 Å². The van der Waals surface area contributed by atoms with Crippen LogP contribution in [0.4, 0.5) is 5.69 Å². The van der Waals surface area contributed by atoms with Gasteiger partial charge in [-0.05, 0) is 36.8 Å². The van der Waals surface area contributed by atoms with E-state index < -0.39 is 10.8 Å². The third kappa shape index (κ3) is 4.27. The molecule has 5 aromatic rings. The van der Waals surface area contributed by atoms with Crippen molar-refractivity contribution >= 4 is 51.3 Å². The van der Waals surface area contributed by atoms with Crippen LogP contribution in [-0.2, 0) is 6.54 Å². The summed E-state index contributed by atoms with van der Waals surface area (Å²) in [6.45, 7) is 2.59. The molecule has 174 valence electrons. The molecule has 0 bridgehead atoms. The number of carbonyl (C=O) groups excluding carboxylic acids is 1. The molecule has 0 saturated carbocycles. The van der Waals surface area contributed by atoms with Crippen LogP contribution in [-0.4, -0.2) is 21.6 Å². The highest BCUT2D eigenvalue weighted by atomic mass is 35.5. The van der Waals surface area contributed by atoms with E-state index >= 15 is 0 Å². The zero-order valence-corrected chi connectivity index (χ0v) is 19.3. The first-order chi connectivity index (χ1) is 16.9. The molecular weight excluding hydrogens is 468 g/mol. The summed E-state index contributed by atoms with van der Waals surface area (Å²) in [7, 11) is 0. The number of halogens is 1. The number of nitro groups is 1. The molecule has 0 aliphatic rings. The standard InChI is InChI=1S/C26H19ClN4O4/c1-16-21(20-7-3-5-9-23(20)30(16)15-17-6-2-4-8-22(17)27)14-28-29-26(32)25-13-18-12-19(31(33)34)10-11-24(18)35-25/h2-14H,15H2,1H3,(H,29,32)/b28-14+. The molecule has 0 fully saturated rings. The third-order valence-electron chi connectivity index (χ3n) is 5.86. The number of furan rings is 1. The average Bonchev–Trinajstić information content (AvgIpc) is 3.40. The largest absolute Gasteiger partial charge is 0.451 e. The summed E-state index contributed by atoms with van der Waals surface area (Å²) in [5.74, 6) is -0.548. The molecule has 0 aliphatic carbocycles. The van der Waals surface area contributed by atoms with Gasteiger partial charge in [0.05, 0.1) is 11.1 Å². The Morgan fingerprint density at radius 3 is 2.71 bits per heavy atom. The van der Waals surface area contributed by atoms with Crippen LogP contribution in [0.15, 0.2) is 82.3 Å². The first kappa shape index (κ1) is 22.4. The Kier molecular flexibility index (Phi) is 5.80. The minimum absolute atomic E-state index is 0.00974. The molecule has 2 heterocycles. The number of fused-ring (bicyclic) bond motifs is 2. The molecule has 0 atom stereocenters. The molecule has 0 aliphatic heterocycles. The number of nitrogens with zero attached hydrogens (tertiary/aromatic N) is 3. The van der Waals surface area contributed by atoms with Crippen molar-refractivity contribution in [2.45, 2.75) is 13.5 Å². The smallest absolute Gasteiger partial charge is 0.307 e. The molecule has 0 radical (unpaired) electrons. The lowest BCUT2D eigenvalue weighted by Crippen LogP contribution is -2.16. The Labute approximate surface area is 204 Å². The molecule has 3 aromatic carbocycles. The maximum Gasteiger partial charge on any atom is 0.307 e. The number of hydrogen-bond acceptors (Lipinski definition) is 5. The van der Waals surface area contributed by atoms with Crippen LogP contribution in [0, 0.1) is 17.0 Å². The molecule has 0 unspecified atom stereocenters. The highest BCUT2D eigenvalue weighted by Crippen LogP contribution is 2.27. The van der Waals surface area contributed by atoms with E-state index in [1.54, 1.807) is 6.21 Å². The number of aromatic nitrogens is 1. The van der Waals surface area contributed by atoms with Gasteiger partial charge >= 0.3 is 5.91 Å². The molecule has 35 heavy (non-hydrogen) atoms. The summed E-state index contributed by atoms with van der Waals surface area (Å²) in [5, 5.41) is 17.3. The second kappa shape index (κ2) is 9.08. The van der Waals surface area contributed by atoms with Gasteiger partial charge in [0.2, 0.25) is 0 Å². The summed E-state index contributed by atoms with van der Waals surface area (Å²) >= 11 is 6.39. The average molecular weight is 487 g/mol. The summed E-state index contributed by atoms with van der Waals surface area (Å²) in [6, 6.07) is 21.3. The molecule has 0 spiro atoms. The van der Waals surface area contributed by atoms with Crippen molar-refractivity contribution in [3.63, 3.8) is 0 Å². The van der Waals surface area contributed by atoms with Gasteiger partial charge in [-0.3, -0.25) is 14.9 Å². The summed E-state index contributed by atoms with van der Waals surface area (Å²) in [4.78, 5) is 23.1. The number of non-ortho nitro benzene ring substituents is 1. The maximum absolute atomic E-state index is 12.6.